The van der Waals surface area contributed by atoms with Crippen LogP contribution in [0.4, 0.5) is 0 Å². The zero-order valence-electron chi connectivity index (χ0n) is 19.0. The number of aromatic amines is 1. The number of hydrogen-bond acceptors (Lipinski definition) is 6. The summed E-state index contributed by atoms with van der Waals surface area (Å²) in [7, 11) is 0. The second-order valence-corrected chi connectivity index (χ2v) is 8.86. The third kappa shape index (κ3) is 6.66. The molecule has 33 heavy (non-hydrogen) atoms. The summed E-state index contributed by atoms with van der Waals surface area (Å²) in [5, 5.41) is 27.8. The molecule has 1 atom stereocenters. The van der Waals surface area contributed by atoms with E-state index in [2.05, 4.69) is 20.5 Å². The van der Waals surface area contributed by atoms with E-state index in [1.807, 2.05) is 26.8 Å². The number of amides is 2. The van der Waals surface area contributed by atoms with Crippen molar-refractivity contribution < 1.29 is 52.5 Å². The summed E-state index contributed by atoms with van der Waals surface area (Å²) >= 11 is 0. The van der Waals surface area contributed by atoms with Gasteiger partial charge in [-0.15, -0.1) is 0 Å². The van der Waals surface area contributed by atoms with Crippen LogP contribution in [0.5, 0.6) is 0 Å². The Labute approximate surface area is 216 Å². The molecule has 9 nitrogen and oxygen atoms in total. The van der Waals surface area contributed by atoms with Crippen molar-refractivity contribution in [3.63, 3.8) is 0 Å². The van der Waals surface area contributed by atoms with Crippen LogP contribution < -0.4 is 16.0 Å². The number of fused-ring (bicyclic) bond motifs is 1. The molecular weight excluding hydrogens is 501 g/mol. The van der Waals surface area contributed by atoms with Gasteiger partial charge in [0.15, 0.2) is 6.29 Å². The van der Waals surface area contributed by atoms with Gasteiger partial charge in [-0.3, -0.25) is 19.9 Å². The smallest absolute Gasteiger partial charge is 0.234 e. The van der Waals surface area contributed by atoms with Crippen molar-refractivity contribution in [2.45, 2.75) is 58.2 Å². The number of piperidine rings is 1. The Morgan fingerprint density at radius 1 is 1.12 bits per heavy atom. The summed E-state index contributed by atoms with van der Waals surface area (Å²) < 4.78 is 0. The summed E-state index contributed by atoms with van der Waals surface area (Å²) in [5.41, 5.74) is 3.20. The fourth-order valence-electron chi connectivity index (χ4n) is 3.49. The maximum absolute atomic E-state index is 12.0. The van der Waals surface area contributed by atoms with Crippen molar-refractivity contribution in [3.05, 3.63) is 63.2 Å². The summed E-state index contributed by atoms with van der Waals surface area (Å²) in [5.74, 6) is -0.908. The van der Waals surface area contributed by atoms with E-state index >= 15 is 0 Å². The van der Waals surface area contributed by atoms with Crippen molar-refractivity contribution >= 4 is 22.7 Å². The Morgan fingerprint density at radius 2 is 1.82 bits per heavy atom. The van der Waals surface area contributed by atoms with Gasteiger partial charge in [-0.1, -0.05) is 32.9 Å². The Morgan fingerprint density at radius 3 is 2.33 bits per heavy atom. The van der Waals surface area contributed by atoms with Crippen molar-refractivity contribution in [2.24, 2.45) is 0 Å². The number of aliphatic hydroxyl groups is 2. The molecule has 0 aliphatic carbocycles. The van der Waals surface area contributed by atoms with Gasteiger partial charge in [0.1, 0.15) is 0 Å². The number of pyridine rings is 1. The first kappa shape index (κ1) is 27.1. The number of hydrogen-bond donors (Lipinski definition) is 4. The fourth-order valence-corrected chi connectivity index (χ4v) is 3.49. The molecule has 1 aliphatic heterocycles. The first-order chi connectivity index (χ1) is 15.0. The number of nitrogens with one attached hydrogen (secondary N) is 2. The number of aromatic nitrogens is 3. The average molecular weight is 528 g/mol. The molecule has 1 aliphatic rings. The molecule has 0 bridgehead atoms. The molecule has 173 valence electrons. The van der Waals surface area contributed by atoms with Crippen LogP contribution in [0, 0.1) is 6.92 Å². The molecule has 3 aromatic rings. The minimum atomic E-state index is -1.54. The first-order valence-electron chi connectivity index (χ1n) is 10.3. The minimum absolute atomic E-state index is 0. The number of nitrogens with zero attached hydrogens (tertiary/aromatic N) is 2. The van der Waals surface area contributed by atoms with Crippen LogP contribution in [0.15, 0.2) is 35.1 Å². The Balaban J connectivity index is 0.000000297. The second-order valence-electron chi connectivity index (χ2n) is 8.86. The number of aryl methyl sites for hydroxylation is 1. The Kier molecular flexibility index (Phi) is 8.87. The number of carbonyl (C=O) groups is 2. The van der Waals surface area contributed by atoms with Crippen molar-refractivity contribution in [3.8, 4) is 0 Å². The monoisotopic (exact) mass is 528 g/mol. The van der Waals surface area contributed by atoms with E-state index in [-0.39, 0.29) is 61.4 Å². The van der Waals surface area contributed by atoms with Gasteiger partial charge < -0.3 is 25.2 Å². The quantitative estimate of drug-likeness (QED) is 0.292. The molecule has 1 radical (unpaired) electrons. The first-order valence-corrected chi connectivity index (χ1v) is 10.3. The minimum Gasteiger partial charge on any atom is -0.563 e. The predicted octanol–water partition coefficient (Wildman–Crippen LogP) is 1.67. The Hall–Kier alpha value is -2.20. The van der Waals surface area contributed by atoms with Crippen LogP contribution in [0.3, 0.4) is 0 Å². The fraction of sp³-hybridized carbons (Fsp3) is 0.391. The van der Waals surface area contributed by atoms with Crippen LogP contribution in [-0.2, 0) is 47.7 Å². The average Bonchev–Trinajstić information content (AvgIpc) is 3.15. The van der Waals surface area contributed by atoms with Crippen molar-refractivity contribution in [1.29, 1.82) is 0 Å². The topological polar surface area (TPSA) is 146 Å². The zero-order valence-corrected chi connectivity index (χ0v) is 21.9. The third-order valence-corrected chi connectivity index (χ3v) is 5.35. The molecule has 3 heterocycles. The van der Waals surface area contributed by atoms with E-state index in [4.69, 9.17) is 0 Å². The summed E-state index contributed by atoms with van der Waals surface area (Å²) in [6, 6.07) is 8.37. The molecule has 1 fully saturated rings. The van der Waals surface area contributed by atoms with Crippen LogP contribution >= 0.6 is 0 Å². The zero-order chi connectivity index (χ0) is 23.6. The van der Waals surface area contributed by atoms with Gasteiger partial charge in [0.25, 0.3) is 0 Å². The molecule has 1 aromatic carbocycles. The Bertz CT molecular complexity index is 1210. The van der Waals surface area contributed by atoms with Gasteiger partial charge >= 0.3 is 0 Å². The number of carbonyl (C=O) groups excluding carboxylic acids is 2. The predicted molar refractivity (Wildman–Crippen MR) is 118 cm³/mol. The molecule has 0 saturated carbocycles. The molecule has 2 amide bonds. The molecule has 2 aromatic heterocycles. The maximum Gasteiger partial charge on any atom is 0.234 e. The standard InChI is InChI=1S/C16H16N2O4.C7H12N2O.Y/c1-8-12(11-4-5-14(19)18-15(11)20)6-9-2-3-10(16(21)22)7-13(9)17-8;1-7(2,3)5-4-6(10)9-8-5;/h2-3,6-7,11,16,21-22H,4-5H2,1H3,(H,18,19,20);4H,1-3H3,(H2,8,9,10);/p-1. The maximum atomic E-state index is 12.0. The number of rotatable bonds is 2. The number of benzene rings is 1. The van der Waals surface area contributed by atoms with Crippen molar-refractivity contribution in [1.82, 2.24) is 20.5 Å². The van der Waals surface area contributed by atoms with Gasteiger partial charge in [0.2, 0.25) is 11.8 Å². The molecule has 4 N–H and O–H groups in total. The molecule has 1 saturated heterocycles. The summed E-state index contributed by atoms with van der Waals surface area (Å²) in [6.45, 7) is 7.89. The van der Waals surface area contributed by atoms with Crippen LogP contribution in [-0.4, -0.2) is 32.1 Å². The van der Waals surface area contributed by atoms with E-state index in [1.54, 1.807) is 25.1 Å². The molecule has 10 heteroatoms. The molecule has 1 unspecified atom stereocenters. The summed E-state index contributed by atoms with van der Waals surface area (Å²) in [4.78, 5) is 38.3. The normalized spacial score (nSPS) is 16.2. The van der Waals surface area contributed by atoms with Crippen LogP contribution in [0.2, 0.25) is 0 Å². The second kappa shape index (κ2) is 10.8. The van der Waals surface area contributed by atoms with E-state index in [1.165, 1.54) is 6.07 Å². The van der Waals surface area contributed by atoms with Gasteiger partial charge in [0, 0.05) is 66.9 Å². The number of aliphatic hydroxyl groups excluding tert-OH is 1. The molecule has 4 rings (SSSR count). The van der Waals surface area contributed by atoms with E-state index in [0.29, 0.717) is 29.6 Å². The van der Waals surface area contributed by atoms with Crippen molar-refractivity contribution in [2.75, 3.05) is 0 Å². The van der Waals surface area contributed by atoms with E-state index in [9.17, 15) is 24.6 Å². The number of imide groups is 1. The summed E-state index contributed by atoms with van der Waals surface area (Å²) in [6.07, 6.45) is -0.739. The van der Waals surface area contributed by atoms with Gasteiger partial charge in [-0.05, 0) is 37.1 Å². The SMILES string of the molecule is CC(C)(C)c1cc(=O)[n-][nH]1.Cc1nc2cc(C(O)O)ccc2cc1C1CCC(=O)NC1=O.[Y]. The van der Waals surface area contributed by atoms with Crippen LogP contribution in [0.25, 0.3) is 10.9 Å². The van der Waals surface area contributed by atoms with Crippen LogP contribution in [0.1, 0.15) is 68.3 Å². The molecule has 0 spiro atoms. The third-order valence-electron chi connectivity index (χ3n) is 5.35. The largest absolute Gasteiger partial charge is 0.563 e. The van der Waals surface area contributed by atoms with Gasteiger partial charge in [-0.25, -0.2) is 0 Å². The van der Waals surface area contributed by atoms with Gasteiger partial charge in [-0.2, -0.15) is 0 Å². The molecular formula is C23H27N4O5Y-. The van der Waals surface area contributed by atoms with E-state index in [0.717, 1.165) is 16.6 Å². The number of H-pyrrole nitrogens is 1. The van der Waals surface area contributed by atoms with Gasteiger partial charge in [0.05, 0.1) is 17.0 Å². The van der Waals surface area contributed by atoms with E-state index < -0.39 is 6.29 Å².